The van der Waals surface area contributed by atoms with Gasteiger partial charge in [-0.3, -0.25) is 14.9 Å². The molecule has 1 aliphatic heterocycles. The van der Waals surface area contributed by atoms with Crippen molar-refractivity contribution in [2.75, 3.05) is 6.54 Å². The minimum Gasteiger partial charge on any atom is -0.343 e. The first-order valence-electron chi connectivity index (χ1n) is 6.64. The van der Waals surface area contributed by atoms with Crippen LogP contribution in [-0.4, -0.2) is 36.6 Å². The van der Waals surface area contributed by atoms with Crippen molar-refractivity contribution in [1.29, 1.82) is 0 Å². The van der Waals surface area contributed by atoms with E-state index in [-0.39, 0.29) is 18.0 Å². The van der Waals surface area contributed by atoms with Gasteiger partial charge < -0.3 is 16.4 Å². The molecule has 0 radical (unpaired) electrons. The number of carbonyl (C=O) groups excluding carboxylic acids is 2. The number of nitrogens with one attached hydrogen (secondary N) is 3. The third-order valence-electron chi connectivity index (χ3n) is 3.00. The highest BCUT2D eigenvalue weighted by molar-refractivity contribution is 5.89. The zero-order valence-electron chi connectivity index (χ0n) is 11.2. The van der Waals surface area contributed by atoms with Crippen LogP contribution in [0, 0.1) is 0 Å². The van der Waals surface area contributed by atoms with Crippen LogP contribution >= 0.6 is 0 Å². The van der Waals surface area contributed by atoms with Gasteiger partial charge in [0.05, 0.1) is 12.2 Å². The van der Waals surface area contributed by atoms with E-state index in [1.807, 2.05) is 6.92 Å². The standard InChI is InChI=1S/C12H24N4O2/c1-3-5-9(15-11(17)8(2)13)12(18)16-10-6-4-7-14-10/h8-10,14H,3-7,13H2,1-2H3,(H,15,17)(H,16,18)/t8-,9-,10?/m0/s1. The predicted octanol–water partition coefficient (Wildman–Crippen LogP) is -0.556. The highest BCUT2D eigenvalue weighted by Crippen LogP contribution is 2.04. The van der Waals surface area contributed by atoms with Gasteiger partial charge in [0, 0.05) is 0 Å². The molecule has 0 aromatic heterocycles. The van der Waals surface area contributed by atoms with Crippen LogP contribution in [0.2, 0.25) is 0 Å². The molecule has 18 heavy (non-hydrogen) atoms. The highest BCUT2D eigenvalue weighted by atomic mass is 16.2. The second-order valence-electron chi connectivity index (χ2n) is 4.80. The summed E-state index contributed by atoms with van der Waals surface area (Å²) in [6.07, 6.45) is 3.48. The van der Waals surface area contributed by atoms with E-state index in [9.17, 15) is 9.59 Å². The summed E-state index contributed by atoms with van der Waals surface area (Å²) in [6.45, 7) is 4.51. The van der Waals surface area contributed by atoms with Crippen molar-refractivity contribution >= 4 is 11.8 Å². The zero-order chi connectivity index (χ0) is 13.5. The van der Waals surface area contributed by atoms with Gasteiger partial charge in [-0.25, -0.2) is 0 Å². The van der Waals surface area contributed by atoms with E-state index in [2.05, 4.69) is 16.0 Å². The number of amides is 2. The van der Waals surface area contributed by atoms with E-state index in [4.69, 9.17) is 5.73 Å². The first-order chi connectivity index (χ1) is 8.54. The molecule has 0 aromatic carbocycles. The van der Waals surface area contributed by atoms with Gasteiger partial charge in [0.15, 0.2) is 0 Å². The average Bonchev–Trinajstić information content (AvgIpc) is 2.80. The topological polar surface area (TPSA) is 96.2 Å². The molecule has 0 bridgehead atoms. The summed E-state index contributed by atoms with van der Waals surface area (Å²) >= 11 is 0. The Morgan fingerprint density at radius 1 is 1.44 bits per heavy atom. The van der Waals surface area contributed by atoms with E-state index in [0.717, 1.165) is 25.8 Å². The summed E-state index contributed by atoms with van der Waals surface area (Å²) in [7, 11) is 0. The normalized spacial score (nSPS) is 22.3. The molecule has 1 rings (SSSR count). The number of rotatable bonds is 6. The van der Waals surface area contributed by atoms with E-state index in [0.29, 0.717) is 6.42 Å². The molecular weight excluding hydrogens is 232 g/mol. The van der Waals surface area contributed by atoms with Crippen molar-refractivity contribution in [3.63, 3.8) is 0 Å². The quantitative estimate of drug-likeness (QED) is 0.512. The average molecular weight is 256 g/mol. The van der Waals surface area contributed by atoms with Gasteiger partial charge in [-0.2, -0.15) is 0 Å². The Labute approximate surface area is 108 Å². The maximum Gasteiger partial charge on any atom is 0.243 e. The maximum absolute atomic E-state index is 12.0. The van der Waals surface area contributed by atoms with Crippen molar-refractivity contribution in [1.82, 2.24) is 16.0 Å². The Balaban J connectivity index is 2.48. The van der Waals surface area contributed by atoms with Gasteiger partial charge in [-0.05, 0) is 32.7 Å². The maximum atomic E-state index is 12.0. The fourth-order valence-corrected chi connectivity index (χ4v) is 1.94. The summed E-state index contributed by atoms with van der Waals surface area (Å²) in [4.78, 5) is 23.6. The first-order valence-corrected chi connectivity index (χ1v) is 6.64. The second kappa shape index (κ2) is 7.33. The fourth-order valence-electron chi connectivity index (χ4n) is 1.94. The van der Waals surface area contributed by atoms with E-state index >= 15 is 0 Å². The lowest BCUT2D eigenvalue weighted by Gasteiger charge is -2.21. The van der Waals surface area contributed by atoms with Gasteiger partial charge in [0.25, 0.3) is 0 Å². The summed E-state index contributed by atoms with van der Waals surface area (Å²) < 4.78 is 0. The third kappa shape index (κ3) is 4.62. The van der Waals surface area contributed by atoms with Gasteiger partial charge in [-0.1, -0.05) is 13.3 Å². The van der Waals surface area contributed by atoms with Crippen molar-refractivity contribution in [2.45, 2.75) is 57.8 Å². The summed E-state index contributed by atoms with van der Waals surface area (Å²) in [5.74, 6) is -0.423. The number of nitrogens with two attached hydrogens (primary N) is 1. The molecule has 6 nitrogen and oxygen atoms in total. The minimum atomic E-state index is -0.596. The number of hydrogen-bond donors (Lipinski definition) is 4. The van der Waals surface area contributed by atoms with Gasteiger partial charge >= 0.3 is 0 Å². The summed E-state index contributed by atoms with van der Waals surface area (Å²) in [6, 6.07) is -1.09. The smallest absolute Gasteiger partial charge is 0.243 e. The molecule has 1 unspecified atom stereocenters. The van der Waals surface area contributed by atoms with Crippen LogP contribution < -0.4 is 21.7 Å². The second-order valence-corrected chi connectivity index (χ2v) is 4.80. The molecular formula is C12H24N4O2. The molecule has 0 aromatic rings. The third-order valence-corrected chi connectivity index (χ3v) is 3.00. The van der Waals surface area contributed by atoms with Gasteiger partial charge in [0.1, 0.15) is 6.04 Å². The zero-order valence-corrected chi connectivity index (χ0v) is 11.2. The monoisotopic (exact) mass is 256 g/mol. The molecule has 2 amide bonds. The van der Waals surface area contributed by atoms with E-state index in [1.54, 1.807) is 6.92 Å². The Kier molecular flexibility index (Phi) is 6.07. The highest BCUT2D eigenvalue weighted by Gasteiger charge is 2.24. The molecule has 0 aliphatic carbocycles. The van der Waals surface area contributed by atoms with Crippen LogP contribution in [0.25, 0.3) is 0 Å². The van der Waals surface area contributed by atoms with Gasteiger partial charge in [0.2, 0.25) is 11.8 Å². The van der Waals surface area contributed by atoms with Crippen molar-refractivity contribution in [3.8, 4) is 0 Å². The Bertz CT molecular complexity index is 288. The fraction of sp³-hybridized carbons (Fsp3) is 0.833. The predicted molar refractivity (Wildman–Crippen MR) is 69.7 cm³/mol. The van der Waals surface area contributed by atoms with E-state index < -0.39 is 12.1 Å². The molecule has 0 saturated carbocycles. The van der Waals surface area contributed by atoms with Crippen molar-refractivity contribution in [3.05, 3.63) is 0 Å². The lowest BCUT2D eigenvalue weighted by atomic mass is 10.1. The van der Waals surface area contributed by atoms with Crippen LogP contribution in [0.4, 0.5) is 0 Å². The molecule has 104 valence electrons. The van der Waals surface area contributed by atoms with Crippen LogP contribution in [0.15, 0.2) is 0 Å². The molecule has 3 atom stereocenters. The van der Waals surface area contributed by atoms with Gasteiger partial charge in [-0.15, -0.1) is 0 Å². The molecule has 5 N–H and O–H groups in total. The number of carbonyl (C=O) groups is 2. The largest absolute Gasteiger partial charge is 0.343 e. The molecule has 0 spiro atoms. The molecule has 1 aliphatic rings. The molecule has 1 heterocycles. The molecule has 1 saturated heterocycles. The molecule has 1 fully saturated rings. The van der Waals surface area contributed by atoms with Crippen molar-refractivity contribution < 1.29 is 9.59 Å². The van der Waals surface area contributed by atoms with Crippen LogP contribution in [0.1, 0.15) is 39.5 Å². The minimum absolute atomic E-state index is 0.0315. The Hall–Kier alpha value is -1.14. The van der Waals surface area contributed by atoms with Crippen LogP contribution in [0.5, 0.6) is 0 Å². The van der Waals surface area contributed by atoms with Crippen LogP contribution in [-0.2, 0) is 9.59 Å². The Morgan fingerprint density at radius 2 is 2.17 bits per heavy atom. The summed E-state index contributed by atoms with van der Waals surface area (Å²) in [5.41, 5.74) is 5.49. The molecule has 6 heteroatoms. The SMILES string of the molecule is CCC[C@H](NC(=O)[C@H](C)N)C(=O)NC1CCCN1. The lowest BCUT2D eigenvalue weighted by molar-refractivity contribution is -0.130. The summed E-state index contributed by atoms with van der Waals surface area (Å²) in [5, 5.41) is 8.78. The van der Waals surface area contributed by atoms with E-state index in [1.165, 1.54) is 0 Å². The number of hydrogen-bond acceptors (Lipinski definition) is 4. The van der Waals surface area contributed by atoms with Crippen molar-refractivity contribution in [2.24, 2.45) is 5.73 Å². The van der Waals surface area contributed by atoms with Crippen LogP contribution in [0.3, 0.4) is 0 Å². The lowest BCUT2D eigenvalue weighted by Crippen LogP contribution is -2.54. The first kappa shape index (κ1) is 14.9. The Morgan fingerprint density at radius 3 is 2.67 bits per heavy atom.